The van der Waals surface area contributed by atoms with Gasteiger partial charge in [0.15, 0.2) is 0 Å². The summed E-state index contributed by atoms with van der Waals surface area (Å²) in [6.45, 7) is 3.51. The largest absolute Gasteiger partial charge is 0.494 e. The van der Waals surface area contributed by atoms with Crippen LogP contribution in [-0.4, -0.2) is 37.0 Å². The Kier molecular flexibility index (Phi) is 5.20. The molecule has 0 aliphatic carbocycles. The van der Waals surface area contributed by atoms with Crippen LogP contribution in [0.1, 0.15) is 18.9 Å². The number of amides is 2. The van der Waals surface area contributed by atoms with Crippen LogP contribution in [0.4, 0.5) is 10.5 Å². The molecule has 1 saturated heterocycles. The van der Waals surface area contributed by atoms with Gasteiger partial charge in [-0.1, -0.05) is 0 Å². The SMILES string of the molecule is CCOc1ccc(NC(=O)NC2CCOC2)cc1CO. The van der Waals surface area contributed by atoms with Crippen molar-refractivity contribution in [1.29, 1.82) is 0 Å². The third-order valence-electron chi connectivity index (χ3n) is 3.05. The third kappa shape index (κ3) is 3.85. The summed E-state index contributed by atoms with van der Waals surface area (Å²) in [5, 5.41) is 14.9. The number of nitrogens with one attached hydrogen (secondary N) is 2. The lowest BCUT2D eigenvalue weighted by Gasteiger charge is -2.14. The van der Waals surface area contributed by atoms with E-state index in [-0.39, 0.29) is 18.7 Å². The van der Waals surface area contributed by atoms with E-state index in [1.807, 2.05) is 6.92 Å². The number of ether oxygens (including phenoxy) is 2. The number of aliphatic hydroxyl groups excluding tert-OH is 1. The van der Waals surface area contributed by atoms with Crippen molar-refractivity contribution in [2.45, 2.75) is 26.0 Å². The van der Waals surface area contributed by atoms with Gasteiger partial charge >= 0.3 is 6.03 Å². The Morgan fingerprint density at radius 1 is 1.55 bits per heavy atom. The summed E-state index contributed by atoms with van der Waals surface area (Å²) in [4.78, 5) is 11.8. The van der Waals surface area contributed by atoms with Gasteiger partial charge in [-0.2, -0.15) is 0 Å². The second-order valence-electron chi connectivity index (χ2n) is 4.57. The minimum atomic E-state index is -0.270. The molecule has 1 heterocycles. The summed E-state index contributed by atoms with van der Waals surface area (Å²) >= 11 is 0. The number of rotatable bonds is 5. The molecule has 1 fully saturated rings. The molecular weight excluding hydrogens is 260 g/mol. The molecule has 3 N–H and O–H groups in total. The van der Waals surface area contributed by atoms with E-state index >= 15 is 0 Å². The quantitative estimate of drug-likeness (QED) is 0.763. The molecule has 0 bridgehead atoms. The Morgan fingerprint density at radius 2 is 2.40 bits per heavy atom. The van der Waals surface area contributed by atoms with Crippen LogP contribution >= 0.6 is 0 Å². The standard InChI is InChI=1S/C14H20N2O4/c1-2-20-13-4-3-11(7-10(13)8-17)15-14(18)16-12-5-6-19-9-12/h3-4,7,12,17H,2,5-6,8-9H2,1H3,(H2,15,16,18). The molecule has 1 atom stereocenters. The van der Waals surface area contributed by atoms with Crippen molar-refractivity contribution in [2.75, 3.05) is 25.1 Å². The zero-order chi connectivity index (χ0) is 14.4. The summed E-state index contributed by atoms with van der Waals surface area (Å²) < 4.78 is 10.6. The highest BCUT2D eigenvalue weighted by Gasteiger charge is 2.17. The van der Waals surface area contributed by atoms with Crippen LogP contribution in [-0.2, 0) is 11.3 Å². The smallest absolute Gasteiger partial charge is 0.319 e. The number of aliphatic hydroxyl groups is 1. The normalized spacial score (nSPS) is 17.8. The van der Waals surface area contributed by atoms with E-state index in [1.54, 1.807) is 18.2 Å². The first-order valence-electron chi connectivity index (χ1n) is 6.74. The van der Waals surface area contributed by atoms with Crippen molar-refractivity contribution in [3.63, 3.8) is 0 Å². The molecule has 0 radical (unpaired) electrons. The Labute approximate surface area is 118 Å². The predicted molar refractivity (Wildman–Crippen MR) is 74.9 cm³/mol. The van der Waals surface area contributed by atoms with Crippen LogP contribution in [0, 0.1) is 0 Å². The van der Waals surface area contributed by atoms with Crippen molar-refractivity contribution < 1.29 is 19.4 Å². The second kappa shape index (κ2) is 7.12. The van der Waals surface area contributed by atoms with Crippen molar-refractivity contribution in [1.82, 2.24) is 5.32 Å². The molecule has 1 aliphatic rings. The molecule has 1 aliphatic heterocycles. The Hall–Kier alpha value is -1.79. The molecule has 1 unspecified atom stereocenters. The van der Waals surface area contributed by atoms with E-state index in [0.29, 0.717) is 36.8 Å². The molecule has 2 rings (SSSR count). The van der Waals surface area contributed by atoms with Gasteiger partial charge in [0.05, 0.1) is 25.9 Å². The Bertz CT molecular complexity index is 458. The minimum Gasteiger partial charge on any atom is -0.494 e. The van der Waals surface area contributed by atoms with E-state index in [2.05, 4.69) is 10.6 Å². The maximum atomic E-state index is 11.8. The Balaban J connectivity index is 1.96. The highest BCUT2D eigenvalue weighted by molar-refractivity contribution is 5.89. The predicted octanol–water partition coefficient (Wildman–Crippen LogP) is 1.49. The van der Waals surface area contributed by atoms with E-state index < -0.39 is 0 Å². The van der Waals surface area contributed by atoms with Crippen molar-refractivity contribution in [3.8, 4) is 5.75 Å². The molecule has 20 heavy (non-hydrogen) atoms. The first-order valence-corrected chi connectivity index (χ1v) is 6.74. The average molecular weight is 280 g/mol. The number of carbonyl (C=O) groups excluding carboxylic acids is 1. The summed E-state index contributed by atoms with van der Waals surface area (Å²) in [5.74, 6) is 0.630. The highest BCUT2D eigenvalue weighted by Crippen LogP contribution is 2.23. The average Bonchev–Trinajstić information content (AvgIpc) is 2.93. The van der Waals surface area contributed by atoms with Gasteiger partial charge in [-0.15, -0.1) is 0 Å². The zero-order valence-corrected chi connectivity index (χ0v) is 11.5. The monoisotopic (exact) mass is 280 g/mol. The summed E-state index contributed by atoms with van der Waals surface area (Å²) in [7, 11) is 0. The number of benzene rings is 1. The lowest BCUT2D eigenvalue weighted by atomic mass is 10.2. The van der Waals surface area contributed by atoms with Gasteiger partial charge in [0, 0.05) is 17.9 Å². The lowest BCUT2D eigenvalue weighted by Crippen LogP contribution is -2.38. The summed E-state index contributed by atoms with van der Waals surface area (Å²) in [5.41, 5.74) is 1.27. The van der Waals surface area contributed by atoms with Crippen LogP contribution < -0.4 is 15.4 Å². The van der Waals surface area contributed by atoms with Gasteiger partial charge in [0.1, 0.15) is 5.75 Å². The van der Waals surface area contributed by atoms with E-state index in [9.17, 15) is 9.90 Å². The first-order chi connectivity index (χ1) is 9.72. The van der Waals surface area contributed by atoms with E-state index in [1.165, 1.54) is 0 Å². The van der Waals surface area contributed by atoms with Crippen molar-refractivity contribution >= 4 is 11.7 Å². The molecule has 0 spiro atoms. The van der Waals surface area contributed by atoms with Gasteiger partial charge < -0.3 is 25.2 Å². The van der Waals surface area contributed by atoms with E-state index in [4.69, 9.17) is 9.47 Å². The van der Waals surface area contributed by atoms with Crippen LogP contribution in [0.15, 0.2) is 18.2 Å². The third-order valence-corrected chi connectivity index (χ3v) is 3.05. The minimum absolute atomic E-state index is 0.0648. The maximum absolute atomic E-state index is 11.8. The fourth-order valence-corrected chi connectivity index (χ4v) is 2.08. The van der Waals surface area contributed by atoms with Gasteiger partial charge in [0.25, 0.3) is 0 Å². The van der Waals surface area contributed by atoms with Gasteiger partial charge in [-0.25, -0.2) is 4.79 Å². The number of carbonyl (C=O) groups is 1. The number of urea groups is 1. The highest BCUT2D eigenvalue weighted by atomic mass is 16.5. The molecule has 0 saturated carbocycles. The Morgan fingerprint density at radius 3 is 3.05 bits per heavy atom. The second-order valence-corrected chi connectivity index (χ2v) is 4.57. The van der Waals surface area contributed by atoms with Crippen molar-refractivity contribution in [2.24, 2.45) is 0 Å². The lowest BCUT2D eigenvalue weighted by molar-refractivity contribution is 0.189. The maximum Gasteiger partial charge on any atom is 0.319 e. The molecule has 0 aromatic heterocycles. The van der Waals surface area contributed by atoms with Crippen LogP contribution in [0.3, 0.4) is 0 Å². The molecule has 6 nitrogen and oxygen atoms in total. The van der Waals surface area contributed by atoms with Gasteiger partial charge in [-0.3, -0.25) is 0 Å². The fourth-order valence-electron chi connectivity index (χ4n) is 2.08. The topological polar surface area (TPSA) is 79.8 Å². The zero-order valence-electron chi connectivity index (χ0n) is 11.5. The number of hydrogen-bond donors (Lipinski definition) is 3. The fraction of sp³-hybridized carbons (Fsp3) is 0.500. The molecule has 6 heteroatoms. The van der Waals surface area contributed by atoms with Crippen LogP contribution in [0.2, 0.25) is 0 Å². The molecule has 110 valence electrons. The number of anilines is 1. The summed E-state index contributed by atoms with van der Waals surface area (Å²) in [6.07, 6.45) is 0.832. The molecule has 1 aromatic rings. The summed E-state index contributed by atoms with van der Waals surface area (Å²) in [6, 6.07) is 4.98. The molecule has 2 amide bonds. The molecular formula is C14H20N2O4. The van der Waals surface area contributed by atoms with Gasteiger partial charge in [0.2, 0.25) is 0 Å². The van der Waals surface area contributed by atoms with E-state index in [0.717, 1.165) is 6.42 Å². The van der Waals surface area contributed by atoms with Gasteiger partial charge in [-0.05, 0) is 31.5 Å². The first kappa shape index (κ1) is 14.6. The van der Waals surface area contributed by atoms with Crippen LogP contribution in [0.25, 0.3) is 0 Å². The molecule has 1 aromatic carbocycles. The number of hydrogen-bond acceptors (Lipinski definition) is 4. The van der Waals surface area contributed by atoms with Crippen molar-refractivity contribution in [3.05, 3.63) is 23.8 Å². The van der Waals surface area contributed by atoms with Crippen LogP contribution in [0.5, 0.6) is 5.75 Å².